The molecule has 0 aliphatic carbocycles. The maximum atomic E-state index is 12.5. The molecule has 1 saturated heterocycles. The molecule has 2 aromatic rings. The molecular formula is C19H24F2N4O3. The van der Waals surface area contributed by atoms with Crippen LogP contribution in [0.4, 0.5) is 13.6 Å². The zero-order valence-electron chi connectivity index (χ0n) is 15.9. The number of amides is 2. The molecule has 1 fully saturated rings. The SMILES string of the molecule is COc1ccc(CCNC(=O)N2CCC(c3nccn3C)C2)cc1OC(F)F. The molecule has 152 valence electrons. The summed E-state index contributed by atoms with van der Waals surface area (Å²) in [4.78, 5) is 18.5. The summed E-state index contributed by atoms with van der Waals surface area (Å²) in [5, 5.41) is 2.88. The molecule has 2 amide bonds. The summed E-state index contributed by atoms with van der Waals surface area (Å²) < 4.78 is 36.5. The Balaban J connectivity index is 1.50. The van der Waals surface area contributed by atoms with Crippen molar-refractivity contribution in [3.05, 3.63) is 42.0 Å². The van der Waals surface area contributed by atoms with Gasteiger partial charge < -0.3 is 24.3 Å². The van der Waals surface area contributed by atoms with Crippen LogP contribution >= 0.6 is 0 Å². The zero-order chi connectivity index (χ0) is 20.1. The summed E-state index contributed by atoms with van der Waals surface area (Å²) in [6.45, 7) is -1.22. The predicted molar refractivity (Wildman–Crippen MR) is 98.9 cm³/mol. The van der Waals surface area contributed by atoms with Crippen molar-refractivity contribution in [3.8, 4) is 11.5 Å². The van der Waals surface area contributed by atoms with E-state index in [9.17, 15) is 13.6 Å². The van der Waals surface area contributed by atoms with E-state index < -0.39 is 6.61 Å². The Labute approximate surface area is 162 Å². The number of hydrogen-bond donors (Lipinski definition) is 1. The minimum Gasteiger partial charge on any atom is -0.493 e. The molecule has 1 unspecified atom stereocenters. The number of halogens is 2. The number of carbonyl (C=O) groups excluding carboxylic acids is 1. The molecule has 1 aliphatic rings. The highest BCUT2D eigenvalue weighted by molar-refractivity contribution is 5.74. The van der Waals surface area contributed by atoms with E-state index in [1.807, 2.05) is 17.8 Å². The maximum absolute atomic E-state index is 12.5. The molecule has 1 aromatic carbocycles. The Morgan fingerprint density at radius 3 is 2.89 bits per heavy atom. The van der Waals surface area contributed by atoms with Crippen LogP contribution in [0.15, 0.2) is 30.6 Å². The zero-order valence-corrected chi connectivity index (χ0v) is 15.9. The molecule has 0 radical (unpaired) electrons. The number of alkyl halides is 2. The first kappa shape index (κ1) is 19.9. The number of benzene rings is 1. The number of likely N-dealkylation sites (tertiary alicyclic amines) is 1. The highest BCUT2D eigenvalue weighted by Gasteiger charge is 2.29. The van der Waals surface area contributed by atoms with Crippen LogP contribution in [0.1, 0.15) is 23.7 Å². The van der Waals surface area contributed by atoms with Crippen LogP contribution in [-0.4, -0.2) is 53.8 Å². The van der Waals surface area contributed by atoms with E-state index in [0.29, 0.717) is 26.1 Å². The van der Waals surface area contributed by atoms with Gasteiger partial charge in [0, 0.05) is 45.0 Å². The number of ether oxygens (including phenoxy) is 2. The van der Waals surface area contributed by atoms with Gasteiger partial charge in [0.15, 0.2) is 11.5 Å². The van der Waals surface area contributed by atoms with Gasteiger partial charge in [-0.1, -0.05) is 6.07 Å². The third-order valence-electron chi connectivity index (χ3n) is 4.83. The Hall–Kier alpha value is -2.84. The fraction of sp³-hybridized carbons (Fsp3) is 0.474. The number of methoxy groups -OCH3 is 1. The quantitative estimate of drug-likeness (QED) is 0.784. The van der Waals surface area contributed by atoms with Crippen LogP contribution in [0.3, 0.4) is 0 Å². The molecule has 28 heavy (non-hydrogen) atoms. The topological polar surface area (TPSA) is 68.6 Å². The molecule has 0 spiro atoms. The fourth-order valence-electron chi connectivity index (χ4n) is 3.42. The largest absolute Gasteiger partial charge is 0.493 e. The van der Waals surface area contributed by atoms with Crippen molar-refractivity contribution < 1.29 is 23.0 Å². The molecule has 2 heterocycles. The number of aryl methyl sites for hydroxylation is 1. The number of nitrogens with one attached hydrogen (secondary N) is 1. The van der Waals surface area contributed by atoms with Crippen LogP contribution in [0.5, 0.6) is 11.5 Å². The summed E-state index contributed by atoms with van der Waals surface area (Å²) in [7, 11) is 3.34. The summed E-state index contributed by atoms with van der Waals surface area (Å²) in [5.41, 5.74) is 0.768. The van der Waals surface area contributed by atoms with Gasteiger partial charge in [-0.2, -0.15) is 8.78 Å². The predicted octanol–water partition coefficient (Wildman–Crippen LogP) is 2.77. The van der Waals surface area contributed by atoms with Gasteiger partial charge in [0.1, 0.15) is 5.82 Å². The van der Waals surface area contributed by atoms with Crippen LogP contribution in [-0.2, 0) is 13.5 Å². The molecule has 7 nitrogen and oxygen atoms in total. The minimum absolute atomic E-state index is 0.0150. The lowest BCUT2D eigenvalue weighted by atomic mass is 10.1. The highest BCUT2D eigenvalue weighted by Crippen LogP contribution is 2.29. The fourth-order valence-corrected chi connectivity index (χ4v) is 3.42. The molecule has 3 rings (SSSR count). The number of urea groups is 1. The summed E-state index contributed by atoms with van der Waals surface area (Å²) >= 11 is 0. The highest BCUT2D eigenvalue weighted by atomic mass is 19.3. The van der Waals surface area contributed by atoms with Crippen LogP contribution < -0.4 is 14.8 Å². The molecule has 0 saturated carbocycles. The first-order chi connectivity index (χ1) is 13.5. The van der Waals surface area contributed by atoms with Crippen LogP contribution in [0.2, 0.25) is 0 Å². The molecule has 1 N–H and O–H groups in total. The molecule has 0 bridgehead atoms. The van der Waals surface area contributed by atoms with Crippen molar-refractivity contribution in [2.24, 2.45) is 7.05 Å². The van der Waals surface area contributed by atoms with Gasteiger partial charge in [0.25, 0.3) is 0 Å². The monoisotopic (exact) mass is 394 g/mol. The summed E-state index contributed by atoms with van der Waals surface area (Å²) in [6.07, 6.45) is 5.04. The second-order valence-corrected chi connectivity index (χ2v) is 6.67. The Morgan fingerprint density at radius 1 is 1.39 bits per heavy atom. The average Bonchev–Trinajstić information content (AvgIpc) is 3.30. The van der Waals surface area contributed by atoms with Crippen molar-refractivity contribution in [2.45, 2.75) is 25.4 Å². The number of nitrogens with zero attached hydrogens (tertiary/aromatic N) is 3. The molecular weight excluding hydrogens is 370 g/mol. The number of carbonyl (C=O) groups is 1. The Morgan fingerprint density at radius 2 is 2.21 bits per heavy atom. The lowest BCUT2D eigenvalue weighted by molar-refractivity contribution is -0.0512. The van der Waals surface area contributed by atoms with E-state index >= 15 is 0 Å². The number of rotatable bonds is 7. The normalized spacial score (nSPS) is 16.5. The minimum atomic E-state index is -2.93. The van der Waals surface area contributed by atoms with Gasteiger partial charge in [-0.25, -0.2) is 9.78 Å². The van der Waals surface area contributed by atoms with Gasteiger partial charge in [-0.05, 0) is 30.5 Å². The standard InChI is InChI=1S/C19H24F2N4O3/c1-24-10-8-22-17(24)14-6-9-25(12-14)19(26)23-7-5-13-3-4-15(27-2)16(11-13)28-18(20)21/h3-4,8,10-11,14,18H,5-7,9,12H2,1-2H3,(H,23,26). The van der Waals surface area contributed by atoms with E-state index in [0.717, 1.165) is 17.8 Å². The van der Waals surface area contributed by atoms with E-state index in [2.05, 4.69) is 15.0 Å². The average molecular weight is 394 g/mol. The second kappa shape index (κ2) is 8.90. The van der Waals surface area contributed by atoms with Crippen LogP contribution in [0.25, 0.3) is 0 Å². The lowest BCUT2D eigenvalue weighted by Crippen LogP contribution is -2.39. The first-order valence-electron chi connectivity index (χ1n) is 9.09. The molecule has 1 aromatic heterocycles. The summed E-state index contributed by atoms with van der Waals surface area (Å²) in [5.74, 6) is 1.45. The number of aromatic nitrogens is 2. The van der Waals surface area contributed by atoms with Crippen molar-refractivity contribution in [1.29, 1.82) is 0 Å². The van der Waals surface area contributed by atoms with E-state index in [-0.39, 0.29) is 23.4 Å². The molecule has 1 aliphatic heterocycles. The first-order valence-corrected chi connectivity index (χ1v) is 9.09. The van der Waals surface area contributed by atoms with Gasteiger partial charge in [-0.15, -0.1) is 0 Å². The van der Waals surface area contributed by atoms with Crippen LogP contribution in [0, 0.1) is 0 Å². The third-order valence-corrected chi connectivity index (χ3v) is 4.83. The lowest BCUT2D eigenvalue weighted by Gasteiger charge is -2.17. The van der Waals surface area contributed by atoms with Crippen molar-refractivity contribution in [2.75, 3.05) is 26.7 Å². The molecule has 9 heteroatoms. The Kier molecular flexibility index (Phi) is 6.33. The van der Waals surface area contributed by atoms with E-state index in [4.69, 9.17) is 4.74 Å². The van der Waals surface area contributed by atoms with E-state index in [1.165, 1.54) is 13.2 Å². The van der Waals surface area contributed by atoms with Crippen molar-refractivity contribution in [3.63, 3.8) is 0 Å². The smallest absolute Gasteiger partial charge is 0.387 e. The third kappa shape index (κ3) is 4.71. The van der Waals surface area contributed by atoms with Gasteiger partial charge in [0.2, 0.25) is 0 Å². The van der Waals surface area contributed by atoms with Crippen molar-refractivity contribution >= 4 is 6.03 Å². The summed E-state index contributed by atoms with van der Waals surface area (Å²) in [6, 6.07) is 4.71. The van der Waals surface area contributed by atoms with Crippen molar-refractivity contribution in [1.82, 2.24) is 19.8 Å². The van der Waals surface area contributed by atoms with Gasteiger partial charge >= 0.3 is 12.6 Å². The number of imidazole rings is 1. The second-order valence-electron chi connectivity index (χ2n) is 6.67. The van der Waals surface area contributed by atoms with Gasteiger partial charge in [-0.3, -0.25) is 0 Å². The Bertz CT molecular complexity index is 812. The maximum Gasteiger partial charge on any atom is 0.387 e. The number of hydrogen-bond acceptors (Lipinski definition) is 4. The van der Waals surface area contributed by atoms with E-state index in [1.54, 1.807) is 23.2 Å². The molecule has 1 atom stereocenters. The van der Waals surface area contributed by atoms with Gasteiger partial charge in [0.05, 0.1) is 7.11 Å².